The third-order valence-electron chi connectivity index (χ3n) is 3.29. The van der Waals surface area contributed by atoms with Crippen LogP contribution in [0.3, 0.4) is 0 Å². The third-order valence-corrected chi connectivity index (χ3v) is 3.29. The van der Waals surface area contributed by atoms with Crippen molar-refractivity contribution < 1.29 is 4.74 Å². The summed E-state index contributed by atoms with van der Waals surface area (Å²) in [6, 6.07) is 0.167. The average Bonchev–Trinajstić information content (AvgIpc) is 2.12. The molecule has 2 N–H and O–H groups in total. The molecule has 3 unspecified atom stereocenters. The predicted molar refractivity (Wildman–Crippen MR) is 59.2 cm³/mol. The first-order valence-corrected chi connectivity index (χ1v) is 5.60. The molecule has 3 atom stereocenters. The summed E-state index contributed by atoms with van der Waals surface area (Å²) in [5, 5.41) is 0. The molecule has 1 rings (SSSR count). The first-order valence-electron chi connectivity index (χ1n) is 5.60. The Labute approximate surface area is 87.6 Å². The first kappa shape index (κ1) is 12.0. The molecule has 1 aliphatic rings. The highest BCUT2D eigenvalue weighted by molar-refractivity contribution is 4.77. The highest BCUT2D eigenvalue weighted by Gasteiger charge is 2.23. The minimum atomic E-state index is 0.167. The van der Waals surface area contributed by atoms with Crippen molar-refractivity contribution in [1.29, 1.82) is 0 Å². The number of ether oxygens (including phenoxy) is 1. The van der Waals surface area contributed by atoms with Crippen LogP contribution < -0.4 is 5.73 Å². The van der Waals surface area contributed by atoms with Crippen LogP contribution in [0.4, 0.5) is 0 Å². The van der Waals surface area contributed by atoms with Crippen molar-refractivity contribution in [3.05, 3.63) is 0 Å². The van der Waals surface area contributed by atoms with Crippen molar-refractivity contribution in [2.24, 2.45) is 17.6 Å². The van der Waals surface area contributed by atoms with E-state index in [-0.39, 0.29) is 6.04 Å². The Morgan fingerprint density at radius 1 is 1.43 bits per heavy atom. The molecule has 0 saturated carbocycles. The second kappa shape index (κ2) is 5.69. The molecule has 1 heterocycles. The van der Waals surface area contributed by atoms with E-state index >= 15 is 0 Å². The van der Waals surface area contributed by atoms with Gasteiger partial charge < -0.3 is 15.4 Å². The van der Waals surface area contributed by atoms with Crippen LogP contribution in [0.2, 0.25) is 0 Å². The summed E-state index contributed by atoms with van der Waals surface area (Å²) in [7, 11) is 1.71. The van der Waals surface area contributed by atoms with Gasteiger partial charge in [0.15, 0.2) is 0 Å². The monoisotopic (exact) mass is 200 g/mol. The molecular formula is C11H24N2O. The zero-order valence-electron chi connectivity index (χ0n) is 9.70. The van der Waals surface area contributed by atoms with Crippen molar-refractivity contribution in [3.8, 4) is 0 Å². The van der Waals surface area contributed by atoms with Gasteiger partial charge in [0.2, 0.25) is 0 Å². The lowest BCUT2D eigenvalue weighted by Gasteiger charge is -2.36. The number of nitrogens with two attached hydrogens (primary N) is 1. The van der Waals surface area contributed by atoms with Gasteiger partial charge >= 0.3 is 0 Å². The van der Waals surface area contributed by atoms with Crippen LogP contribution in [0.1, 0.15) is 20.3 Å². The van der Waals surface area contributed by atoms with E-state index in [4.69, 9.17) is 10.5 Å². The van der Waals surface area contributed by atoms with Gasteiger partial charge in [0.05, 0.1) is 6.61 Å². The Morgan fingerprint density at radius 3 is 2.71 bits per heavy atom. The van der Waals surface area contributed by atoms with Crippen molar-refractivity contribution in [1.82, 2.24) is 4.90 Å². The van der Waals surface area contributed by atoms with Gasteiger partial charge in [-0.1, -0.05) is 13.8 Å². The van der Waals surface area contributed by atoms with Gasteiger partial charge in [-0.05, 0) is 24.8 Å². The third kappa shape index (κ3) is 3.56. The lowest BCUT2D eigenvalue weighted by atomic mass is 9.88. The van der Waals surface area contributed by atoms with E-state index in [0.29, 0.717) is 6.61 Å². The standard InChI is InChI=1S/C11H24N2O/c1-9-4-5-13(6-10(9)2)7-11(12)8-14-3/h9-11H,4-8,12H2,1-3H3. The largest absolute Gasteiger partial charge is 0.383 e. The zero-order valence-corrected chi connectivity index (χ0v) is 9.70. The Kier molecular flexibility index (Phi) is 4.85. The summed E-state index contributed by atoms with van der Waals surface area (Å²) >= 11 is 0. The summed E-state index contributed by atoms with van der Waals surface area (Å²) in [6.45, 7) is 8.71. The average molecular weight is 200 g/mol. The fourth-order valence-electron chi connectivity index (χ4n) is 2.11. The highest BCUT2D eigenvalue weighted by atomic mass is 16.5. The molecule has 0 amide bonds. The highest BCUT2D eigenvalue weighted by Crippen LogP contribution is 2.22. The van der Waals surface area contributed by atoms with E-state index in [1.807, 2.05) is 0 Å². The molecule has 0 radical (unpaired) electrons. The maximum absolute atomic E-state index is 5.93. The smallest absolute Gasteiger partial charge is 0.0626 e. The molecule has 1 fully saturated rings. The van der Waals surface area contributed by atoms with Crippen LogP contribution in [-0.2, 0) is 4.74 Å². The Morgan fingerprint density at radius 2 is 2.14 bits per heavy atom. The van der Waals surface area contributed by atoms with Crippen molar-refractivity contribution >= 4 is 0 Å². The van der Waals surface area contributed by atoms with Gasteiger partial charge in [-0.25, -0.2) is 0 Å². The van der Waals surface area contributed by atoms with Gasteiger partial charge in [0.25, 0.3) is 0 Å². The maximum Gasteiger partial charge on any atom is 0.0626 e. The van der Waals surface area contributed by atoms with E-state index in [1.54, 1.807) is 7.11 Å². The van der Waals surface area contributed by atoms with Crippen molar-refractivity contribution in [2.45, 2.75) is 26.3 Å². The molecule has 84 valence electrons. The molecule has 14 heavy (non-hydrogen) atoms. The number of hydrogen-bond donors (Lipinski definition) is 1. The molecule has 1 saturated heterocycles. The first-order chi connectivity index (χ1) is 6.63. The number of piperidine rings is 1. The lowest BCUT2D eigenvalue weighted by molar-refractivity contribution is 0.108. The van der Waals surface area contributed by atoms with Crippen LogP contribution in [-0.4, -0.2) is 44.3 Å². The zero-order chi connectivity index (χ0) is 10.6. The minimum Gasteiger partial charge on any atom is -0.383 e. The Bertz CT molecular complexity index is 163. The van der Waals surface area contributed by atoms with E-state index in [9.17, 15) is 0 Å². The van der Waals surface area contributed by atoms with Crippen LogP contribution in [0, 0.1) is 11.8 Å². The van der Waals surface area contributed by atoms with Crippen LogP contribution in [0.15, 0.2) is 0 Å². The molecule has 3 heteroatoms. The van der Waals surface area contributed by atoms with Gasteiger partial charge in [-0.15, -0.1) is 0 Å². The van der Waals surface area contributed by atoms with Crippen molar-refractivity contribution in [2.75, 3.05) is 33.4 Å². The van der Waals surface area contributed by atoms with Gasteiger partial charge in [-0.3, -0.25) is 0 Å². The second-order valence-corrected chi connectivity index (χ2v) is 4.72. The van der Waals surface area contributed by atoms with Gasteiger partial charge in [-0.2, -0.15) is 0 Å². The van der Waals surface area contributed by atoms with E-state index in [2.05, 4.69) is 18.7 Å². The summed E-state index contributed by atoms with van der Waals surface area (Å²) in [4.78, 5) is 2.47. The molecule has 3 nitrogen and oxygen atoms in total. The molecule has 1 aliphatic heterocycles. The molecular weight excluding hydrogens is 176 g/mol. The second-order valence-electron chi connectivity index (χ2n) is 4.72. The summed E-state index contributed by atoms with van der Waals surface area (Å²) in [5.41, 5.74) is 5.93. The fraction of sp³-hybridized carbons (Fsp3) is 1.00. The van der Waals surface area contributed by atoms with Gasteiger partial charge in [0, 0.05) is 26.2 Å². The molecule has 0 aromatic heterocycles. The van der Waals surface area contributed by atoms with Crippen LogP contribution in [0.25, 0.3) is 0 Å². The molecule has 0 aromatic rings. The number of methoxy groups -OCH3 is 1. The molecule has 0 aromatic carbocycles. The summed E-state index contributed by atoms with van der Waals surface area (Å²) < 4.78 is 5.04. The Hall–Kier alpha value is -0.120. The molecule has 0 aliphatic carbocycles. The fourth-order valence-corrected chi connectivity index (χ4v) is 2.11. The molecule has 0 bridgehead atoms. The van der Waals surface area contributed by atoms with Crippen LogP contribution in [0.5, 0.6) is 0 Å². The van der Waals surface area contributed by atoms with Crippen molar-refractivity contribution in [3.63, 3.8) is 0 Å². The number of likely N-dealkylation sites (tertiary alicyclic amines) is 1. The number of nitrogens with zero attached hydrogens (tertiary/aromatic N) is 1. The van der Waals surface area contributed by atoms with E-state index in [0.717, 1.165) is 18.4 Å². The number of rotatable bonds is 4. The topological polar surface area (TPSA) is 38.5 Å². The number of hydrogen-bond acceptors (Lipinski definition) is 3. The van der Waals surface area contributed by atoms with E-state index < -0.39 is 0 Å². The maximum atomic E-state index is 5.93. The summed E-state index contributed by atoms with van der Waals surface area (Å²) in [5.74, 6) is 1.67. The predicted octanol–water partition coefficient (Wildman–Crippen LogP) is 0.938. The minimum absolute atomic E-state index is 0.167. The van der Waals surface area contributed by atoms with E-state index in [1.165, 1.54) is 19.5 Å². The SMILES string of the molecule is COCC(N)CN1CCC(C)C(C)C1. The lowest BCUT2D eigenvalue weighted by Crippen LogP contribution is -2.46. The summed E-state index contributed by atoms with van der Waals surface area (Å²) in [6.07, 6.45) is 1.31. The quantitative estimate of drug-likeness (QED) is 0.734. The normalized spacial score (nSPS) is 31.7. The van der Waals surface area contributed by atoms with Gasteiger partial charge in [0.1, 0.15) is 0 Å². The Balaban J connectivity index is 2.25. The molecule has 0 spiro atoms. The van der Waals surface area contributed by atoms with Crippen LogP contribution >= 0.6 is 0 Å².